The zero-order chi connectivity index (χ0) is 19.9. The Balaban J connectivity index is 0.00000392. The quantitative estimate of drug-likeness (QED) is 0.232. The molecule has 3 N–H and O–H groups in total. The number of hydrogen-bond acceptors (Lipinski definition) is 5. The summed E-state index contributed by atoms with van der Waals surface area (Å²) in [6, 6.07) is 1.77. The van der Waals surface area contributed by atoms with E-state index in [-0.39, 0.29) is 35.3 Å². The van der Waals surface area contributed by atoms with E-state index in [1.807, 2.05) is 6.92 Å². The molecular formula is C19H30IN5O3. The zero-order valence-corrected chi connectivity index (χ0v) is 19.4. The van der Waals surface area contributed by atoms with Gasteiger partial charge in [-0.25, -0.2) is 4.98 Å². The summed E-state index contributed by atoms with van der Waals surface area (Å²) < 4.78 is 10.9. The monoisotopic (exact) mass is 503 g/mol. The molecule has 0 saturated heterocycles. The fourth-order valence-corrected chi connectivity index (χ4v) is 2.30. The predicted molar refractivity (Wildman–Crippen MR) is 119 cm³/mol. The van der Waals surface area contributed by atoms with Crippen molar-refractivity contribution < 1.29 is 13.6 Å². The molecule has 2 aromatic heterocycles. The van der Waals surface area contributed by atoms with Crippen LogP contribution in [0.3, 0.4) is 0 Å². The van der Waals surface area contributed by atoms with Gasteiger partial charge in [0.05, 0.1) is 19.0 Å². The summed E-state index contributed by atoms with van der Waals surface area (Å²) in [5.41, 5.74) is 0.764. The van der Waals surface area contributed by atoms with Crippen molar-refractivity contribution in [2.45, 2.75) is 46.1 Å². The average molecular weight is 503 g/mol. The highest BCUT2D eigenvalue weighted by atomic mass is 127. The molecule has 1 amide bonds. The third kappa shape index (κ3) is 7.17. The number of furan rings is 1. The minimum Gasteiger partial charge on any atom is -0.459 e. The van der Waals surface area contributed by atoms with E-state index in [1.165, 1.54) is 6.26 Å². The van der Waals surface area contributed by atoms with Crippen LogP contribution in [0, 0.1) is 6.92 Å². The van der Waals surface area contributed by atoms with Crippen molar-refractivity contribution in [3.8, 4) is 0 Å². The minimum atomic E-state index is -0.196. The minimum absolute atomic E-state index is 0. The van der Waals surface area contributed by atoms with Crippen molar-refractivity contribution in [2.24, 2.45) is 4.99 Å². The van der Waals surface area contributed by atoms with Gasteiger partial charge in [-0.2, -0.15) is 0 Å². The Labute approximate surface area is 183 Å². The molecule has 2 heterocycles. The molecule has 0 aromatic carbocycles. The van der Waals surface area contributed by atoms with Crippen molar-refractivity contribution in [2.75, 3.05) is 20.1 Å². The molecule has 28 heavy (non-hydrogen) atoms. The summed E-state index contributed by atoms with van der Waals surface area (Å²) in [5, 5.41) is 9.19. The molecule has 8 nitrogen and oxygen atoms in total. The first-order valence-electron chi connectivity index (χ1n) is 9.03. The van der Waals surface area contributed by atoms with Crippen molar-refractivity contribution >= 4 is 35.8 Å². The number of aryl methyl sites for hydroxylation is 1. The number of amides is 1. The fourth-order valence-electron chi connectivity index (χ4n) is 2.30. The van der Waals surface area contributed by atoms with Gasteiger partial charge in [-0.05, 0) is 19.4 Å². The van der Waals surface area contributed by atoms with Crippen LogP contribution in [0.25, 0.3) is 0 Å². The Kier molecular flexibility index (Phi) is 9.50. The van der Waals surface area contributed by atoms with Crippen molar-refractivity contribution in [3.05, 3.63) is 41.5 Å². The molecule has 0 aliphatic carbocycles. The Morgan fingerprint density at radius 2 is 1.93 bits per heavy atom. The number of oxazole rings is 1. The molecule has 0 aliphatic rings. The van der Waals surface area contributed by atoms with Crippen LogP contribution in [0.4, 0.5) is 0 Å². The van der Waals surface area contributed by atoms with Crippen LogP contribution in [0.2, 0.25) is 0 Å². The predicted octanol–water partition coefficient (Wildman–Crippen LogP) is 2.98. The Hall–Kier alpha value is -2.04. The number of carbonyl (C=O) groups is 1. The topological polar surface area (TPSA) is 105 Å². The third-order valence-electron chi connectivity index (χ3n) is 3.92. The highest BCUT2D eigenvalue weighted by Crippen LogP contribution is 2.22. The number of nitrogens with one attached hydrogen (secondary N) is 3. The zero-order valence-electron chi connectivity index (χ0n) is 17.1. The summed E-state index contributed by atoms with van der Waals surface area (Å²) >= 11 is 0. The first-order valence-corrected chi connectivity index (χ1v) is 9.03. The van der Waals surface area contributed by atoms with Gasteiger partial charge < -0.3 is 24.8 Å². The summed E-state index contributed by atoms with van der Waals surface area (Å²) in [6.45, 7) is 9.73. The van der Waals surface area contributed by atoms with Crippen molar-refractivity contribution in [1.29, 1.82) is 0 Å². The molecule has 2 rings (SSSR count). The van der Waals surface area contributed by atoms with Crippen LogP contribution >= 0.6 is 24.0 Å². The summed E-state index contributed by atoms with van der Waals surface area (Å²) in [4.78, 5) is 20.4. The van der Waals surface area contributed by atoms with Crippen LogP contribution < -0.4 is 16.0 Å². The SMILES string of the molecule is CN=C(NCCCNC(=O)c1occc1C)NCc1ncc(C(C)(C)C)o1.I. The molecule has 156 valence electrons. The van der Waals surface area contributed by atoms with Gasteiger partial charge in [-0.15, -0.1) is 24.0 Å². The van der Waals surface area contributed by atoms with Gasteiger partial charge in [0.1, 0.15) is 5.76 Å². The normalized spacial score (nSPS) is 11.7. The van der Waals surface area contributed by atoms with Crippen molar-refractivity contribution in [3.63, 3.8) is 0 Å². The lowest BCUT2D eigenvalue weighted by atomic mass is 9.94. The first-order chi connectivity index (χ1) is 12.8. The van der Waals surface area contributed by atoms with Crippen LogP contribution in [-0.4, -0.2) is 37.0 Å². The lowest BCUT2D eigenvalue weighted by molar-refractivity contribution is 0.0925. The molecule has 0 atom stereocenters. The van der Waals surface area contributed by atoms with E-state index in [2.05, 4.69) is 46.7 Å². The van der Waals surface area contributed by atoms with Gasteiger partial charge in [-0.3, -0.25) is 9.79 Å². The van der Waals surface area contributed by atoms with Gasteiger partial charge in [-0.1, -0.05) is 20.8 Å². The first kappa shape index (κ1) is 24.0. The van der Waals surface area contributed by atoms with Gasteiger partial charge in [0, 0.05) is 31.1 Å². The highest BCUT2D eigenvalue weighted by Gasteiger charge is 2.19. The van der Waals surface area contributed by atoms with E-state index in [4.69, 9.17) is 8.83 Å². The lowest BCUT2D eigenvalue weighted by Crippen LogP contribution is -2.38. The number of aromatic nitrogens is 1. The molecule has 9 heteroatoms. The maximum Gasteiger partial charge on any atom is 0.287 e. The maximum atomic E-state index is 11.9. The van der Waals surface area contributed by atoms with Gasteiger partial charge in [0.15, 0.2) is 11.7 Å². The standard InChI is InChI=1S/C19H29N5O3.HI/c1-13-7-10-26-16(13)17(25)21-8-6-9-22-18(20-5)24-12-15-23-11-14(27-15)19(2,3)4;/h7,10-11H,6,8-9,12H2,1-5H3,(H,21,25)(H2,20,22,24);1H. The maximum absolute atomic E-state index is 11.9. The number of carbonyl (C=O) groups excluding carboxylic acids is 1. The number of guanidine groups is 1. The smallest absolute Gasteiger partial charge is 0.287 e. The fraction of sp³-hybridized carbons (Fsp3) is 0.526. The second-order valence-electron chi connectivity index (χ2n) is 7.26. The van der Waals surface area contributed by atoms with Crippen molar-refractivity contribution in [1.82, 2.24) is 20.9 Å². The van der Waals surface area contributed by atoms with E-state index in [9.17, 15) is 4.79 Å². The van der Waals surface area contributed by atoms with Crippen LogP contribution in [0.5, 0.6) is 0 Å². The van der Waals surface area contributed by atoms with Crippen LogP contribution in [0.15, 0.2) is 32.4 Å². The largest absolute Gasteiger partial charge is 0.459 e. The van der Waals surface area contributed by atoms with E-state index in [0.717, 1.165) is 17.7 Å². The van der Waals surface area contributed by atoms with E-state index in [1.54, 1.807) is 19.3 Å². The summed E-state index contributed by atoms with van der Waals surface area (Å²) in [7, 11) is 1.70. The lowest BCUT2D eigenvalue weighted by Gasteiger charge is -2.13. The molecule has 0 fully saturated rings. The summed E-state index contributed by atoms with van der Waals surface area (Å²) in [6.07, 6.45) is 4.02. The average Bonchev–Trinajstić information content (AvgIpc) is 3.25. The molecule has 0 spiro atoms. The number of halogens is 1. The highest BCUT2D eigenvalue weighted by molar-refractivity contribution is 14.0. The number of nitrogens with zero attached hydrogens (tertiary/aromatic N) is 2. The Morgan fingerprint density at radius 1 is 1.21 bits per heavy atom. The summed E-state index contributed by atoms with van der Waals surface area (Å²) in [5.74, 6) is 2.28. The molecule has 0 radical (unpaired) electrons. The van der Waals surface area contributed by atoms with Gasteiger partial charge in [0.2, 0.25) is 5.89 Å². The van der Waals surface area contributed by atoms with Crippen LogP contribution in [-0.2, 0) is 12.0 Å². The van der Waals surface area contributed by atoms with Gasteiger partial charge >= 0.3 is 0 Å². The number of aliphatic imine (C=N–C) groups is 1. The van der Waals surface area contributed by atoms with Crippen LogP contribution in [0.1, 0.15) is 55.0 Å². The van der Waals surface area contributed by atoms with E-state index >= 15 is 0 Å². The second kappa shape index (κ2) is 11.1. The Bertz CT molecular complexity index is 777. The van der Waals surface area contributed by atoms with E-state index in [0.29, 0.717) is 37.2 Å². The van der Waals surface area contributed by atoms with Gasteiger partial charge in [0.25, 0.3) is 5.91 Å². The number of rotatable bonds is 7. The molecule has 0 unspecified atom stereocenters. The van der Waals surface area contributed by atoms with E-state index < -0.39 is 0 Å². The molecule has 0 aliphatic heterocycles. The second-order valence-corrected chi connectivity index (χ2v) is 7.26. The molecule has 0 saturated carbocycles. The third-order valence-corrected chi connectivity index (χ3v) is 3.92. The number of hydrogen-bond donors (Lipinski definition) is 3. The molecular weight excluding hydrogens is 473 g/mol. The molecule has 0 bridgehead atoms. The molecule has 2 aromatic rings. The Morgan fingerprint density at radius 3 is 2.50 bits per heavy atom.